The Balaban J connectivity index is 3.64. The molecule has 1 rings (SSSR count). The van der Waals surface area contributed by atoms with Gasteiger partial charge in [0, 0.05) is 17.4 Å². The Morgan fingerprint density at radius 3 is 1.20 bits per heavy atom. The summed E-state index contributed by atoms with van der Waals surface area (Å²) in [6.07, 6.45) is -17.6. The molecule has 1 aliphatic carbocycles. The molecule has 0 spiro atoms. The fourth-order valence-corrected chi connectivity index (χ4v) is 4.15. The van der Waals surface area contributed by atoms with Crippen LogP contribution in [0.5, 0.6) is 0 Å². The molecule has 14 heteroatoms. The molecule has 0 bridgehead atoms. The van der Waals surface area contributed by atoms with Crippen LogP contribution in [0, 0.1) is 11.8 Å². The molecular formula is C26H38F6O8. The Kier molecular flexibility index (Phi) is 10.3. The van der Waals surface area contributed by atoms with Gasteiger partial charge in [-0.3, -0.25) is 0 Å². The third kappa shape index (κ3) is 9.18. The molecule has 4 unspecified atom stereocenters. The zero-order chi connectivity index (χ0) is 31.7. The summed E-state index contributed by atoms with van der Waals surface area (Å²) in [6.45, 7) is 13.9. The lowest BCUT2D eigenvalue weighted by molar-refractivity contribution is -0.303. The molecule has 0 radical (unpaired) electrons. The van der Waals surface area contributed by atoms with E-state index in [1.807, 2.05) is 0 Å². The van der Waals surface area contributed by atoms with Crippen molar-refractivity contribution in [1.82, 2.24) is 0 Å². The Morgan fingerprint density at radius 2 is 0.950 bits per heavy atom. The summed E-state index contributed by atoms with van der Waals surface area (Å²) in [5.41, 5.74) is -9.38. The molecular weight excluding hydrogens is 554 g/mol. The molecule has 1 fully saturated rings. The van der Waals surface area contributed by atoms with E-state index in [-0.39, 0.29) is 5.57 Å². The van der Waals surface area contributed by atoms with E-state index < -0.39 is 90.2 Å². The zero-order valence-corrected chi connectivity index (χ0v) is 24.1. The molecule has 0 saturated heterocycles. The van der Waals surface area contributed by atoms with Crippen LogP contribution in [-0.4, -0.2) is 59.1 Å². The number of carbonyl (C=O) groups is 3. The number of hydrogen-bond acceptors (Lipinski definition) is 8. The number of ether oxygens (including phenoxy) is 5. The van der Waals surface area contributed by atoms with E-state index in [2.05, 4.69) is 6.58 Å². The fourth-order valence-electron chi connectivity index (χ4n) is 4.15. The predicted molar refractivity (Wildman–Crippen MR) is 129 cm³/mol. The topological polar surface area (TPSA) is 97.4 Å². The van der Waals surface area contributed by atoms with Crippen LogP contribution in [0.1, 0.15) is 81.6 Å². The first kappa shape index (κ1) is 35.4. The molecule has 0 aromatic rings. The normalized spacial score (nSPS) is 23.6. The van der Waals surface area contributed by atoms with Crippen LogP contribution in [0.2, 0.25) is 0 Å². The smallest absolute Gasteiger partial charge is 0.459 e. The summed E-state index contributed by atoms with van der Waals surface area (Å²) in [7, 11) is 0. The van der Waals surface area contributed by atoms with Gasteiger partial charge >= 0.3 is 30.6 Å². The van der Waals surface area contributed by atoms with Crippen molar-refractivity contribution in [3.05, 3.63) is 12.2 Å². The largest absolute Gasteiger partial charge is 0.509 e. The van der Waals surface area contributed by atoms with Crippen molar-refractivity contribution in [3.63, 3.8) is 0 Å². The minimum Gasteiger partial charge on any atom is -0.459 e. The van der Waals surface area contributed by atoms with Crippen molar-refractivity contribution >= 4 is 18.3 Å². The standard InChI is InChI=1S/C26H38F6O8/c1-14(2)18(33)36-17-12-15(23(9,25(27,28)29)39-19(34)37-21(3,4)5)11-16(13-17)24(10,26(30,31)32)40-20(35)38-22(6,7)8/h15-17H,1,11-13H2,2-10H3. The first-order valence-electron chi connectivity index (χ1n) is 12.4. The van der Waals surface area contributed by atoms with Crippen LogP contribution in [0.15, 0.2) is 12.2 Å². The van der Waals surface area contributed by atoms with Crippen LogP contribution in [0.4, 0.5) is 35.9 Å². The maximum atomic E-state index is 14.5. The van der Waals surface area contributed by atoms with Gasteiger partial charge in [0.2, 0.25) is 11.2 Å². The number of esters is 1. The average Bonchev–Trinajstić information content (AvgIpc) is 2.68. The molecule has 0 aromatic heterocycles. The Bertz CT molecular complexity index is 900. The van der Waals surface area contributed by atoms with Crippen molar-refractivity contribution in [1.29, 1.82) is 0 Å². The lowest BCUT2D eigenvalue weighted by atomic mass is 9.66. The Hall–Kier alpha value is -2.67. The molecule has 0 aromatic carbocycles. The second kappa shape index (κ2) is 11.7. The highest BCUT2D eigenvalue weighted by molar-refractivity contribution is 5.87. The van der Waals surface area contributed by atoms with Crippen molar-refractivity contribution in [3.8, 4) is 0 Å². The number of halogens is 6. The molecule has 1 aliphatic rings. The second-order valence-electron chi connectivity index (χ2n) is 12.3. The summed E-state index contributed by atoms with van der Waals surface area (Å²) in [5, 5.41) is 0. The molecule has 4 atom stereocenters. The summed E-state index contributed by atoms with van der Waals surface area (Å²) in [6, 6.07) is 0. The molecule has 0 amide bonds. The second-order valence-corrected chi connectivity index (χ2v) is 12.3. The van der Waals surface area contributed by atoms with E-state index in [1.165, 1.54) is 48.5 Å². The van der Waals surface area contributed by atoms with Gasteiger partial charge in [-0.25, -0.2) is 14.4 Å². The van der Waals surface area contributed by atoms with E-state index in [0.29, 0.717) is 13.8 Å². The monoisotopic (exact) mass is 592 g/mol. The van der Waals surface area contributed by atoms with Crippen LogP contribution < -0.4 is 0 Å². The fraction of sp³-hybridized carbons (Fsp3) is 0.808. The number of alkyl halides is 6. The van der Waals surface area contributed by atoms with E-state index >= 15 is 0 Å². The number of rotatable bonds is 6. The average molecular weight is 593 g/mol. The van der Waals surface area contributed by atoms with Crippen LogP contribution in [-0.2, 0) is 28.5 Å². The third-order valence-electron chi connectivity index (χ3n) is 6.34. The van der Waals surface area contributed by atoms with Gasteiger partial charge in [-0.05, 0) is 81.6 Å². The van der Waals surface area contributed by atoms with E-state index in [1.54, 1.807) is 0 Å². The molecule has 0 aliphatic heterocycles. The van der Waals surface area contributed by atoms with Gasteiger partial charge in [0.25, 0.3) is 0 Å². The highest BCUT2D eigenvalue weighted by Crippen LogP contribution is 2.53. The maximum Gasteiger partial charge on any atom is 0.509 e. The first-order chi connectivity index (χ1) is 17.6. The summed E-state index contributed by atoms with van der Waals surface area (Å²) < 4.78 is 111. The number of hydrogen-bond donors (Lipinski definition) is 0. The van der Waals surface area contributed by atoms with Gasteiger partial charge in [-0.15, -0.1) is 0 Å². The predicted octanol–water partition coefficient (Wildman–Crippen LogP) is 7.44. The Labute approximate surface area is 229 Å². The van der Waals surface area contributed by atoms with Crippen molar-refractivity contribution in [2.45, 2.75) is 122 Å². The molecule has 1 saturated carbocycles. The van der Waals surface area contributed by atoms with Crippen LogP contribution >= 0.6 is 0 Å². The van der Waals surface area contributed by atoms with Gasteiger partial charge in [-0.1, -0.05) is 6.58 Å². The van der Waals surface area contributed by atoms with E-state index in [9.17, 15) is 40.7 Å². The van der Waals surface area contributed by atoms with E-state index in [4.69, 9.17) is 23.7 Å². The minimum atomic E-state index is -5.29. The summed E-state index contributed by atoms with van der Waals surface area (Å²) >= 11 is 0. The van der Waals surface area contributed by atoms with E-state index in [0.717, 1.165) is 0 Å². The minimum absolute atomic E-state index is 0.147. The summed E-state index contributed by atoms with van der Waals surface area (Å²) in [5.74, 6) is -4.82. The lowest BCUT2D eigenvalue weighted by Crippen LogP contribution is -2.60. The van der Waals surface area contributed by atoms with Crippen LogP contribution in [0.25, 0.3) is 0 Å². The van der Waals surface area contributed by atoms with Crippen molar-refractivity contribution in [2.24, 2.45) is 11.8 Å². The highest BCUT2D eigenvalue weighted by atomic mass is 19.4. The quantitative estimate of drug-likeness (QED) is 0.136. The van der Waals surface area contributed by atoms with Gasteiger partial charge in [-0.2, -0.15) is 26.3 Å². The molecule has 40 heavy (non-hydrogen) atoms. The van der Waals surface area contributed by atoms with Gasteiger partial charge in [0.15, 0.2) is 0 Å². The molecule has 8 nitrogen and oxygen atoms in total. The van der Waals surface area contributed by atoms with Crippen molar-refractivity contribution < 1.29 is 64.4 Å². The maximum absolute atomic E-state index is 14.5. The zero-order valence-electron chi connectivity index (χ0n) is 24.1. The molecule has 232 valence electrons. The van der Waals surface area contributed by atoms with Crippen LogP contribution in [0.3, 0.4) is 0 Å². The highest BCUT2D eigenvalue weighted by Gasteiger charge is 2.66. The first-order valence-corrected chi connectivity index (χ1v) is 12.4. The lowest BCUT2D eigenvalue weighted by Gasteiger charge is -2.48. The Morgan fingerprint density at radius 1 is 0.625 bits per heavy atom. The molecule has 0 heterocycles. The molecule has 0 N–H and O–H groups in total. The summed E-state index contributed by atoms with van der Waals surface area (Å²) in [4.78, 5) is 36.9. The van der Waals surface area contributed by atoms with Crippen molar-refractivity contribution in [2.75, 3.05) is 0 Å². The third-order valence-corrected chi connectivity index (χ3v) is 6.34. The number of carbonyl (C=O) groups excluding carboxylic acids is 3. The van der Waals surface area contributed by atoms with Gasteiger partial charge < -0.3 is 23.7 Å². The van der Waals surface area contributed by atoms with Gasteiger partial charge in [0.1, 0.15) is 17.3 Å². The SMILES string of the molecule is C=C(C)C(=O)OC1CC(C(C)(OC(=O)OC(C)(C)C)C(F)(F)F)CC(C(C)(OC(=O)OC(C)(C)C)C(F)(F)F)C1. The van der Waals surface area contributed by atoms with Gasteiger partial charge in [0.05, 0.1) is 0 Å².